The number of para-hydroxylation sites is 2. The van der Waals surface area contributed by atoms with Gasteiger partial charge in [-0.2, -0.15) is 5.10 Å². The number of benzene rings is 1. The van der Waals surface area contributed by atoms with Crippen molar-refractivity contribution < 1.29 is 4.79 Å². The number of carbonyl (C=O) groups excluding carboxylic acids is 1. The number of likely N-dealkylation sites (tertiary alicyclic amines) is 1. The van der Waals surface area contributed by atoms with E-state index in [9.17, 15) is 4.79 Å². The summed E-state index contributed by atoms with van der Waals surface area (Å²) in [4.78, 5) is 28.6. The van der Waals surface area contributed by atoms with Gasteiger partial charge in [0.25, 0.3) is 0 Å². The topological polar surface area (TPSA) is 105 Å². The van der Waals surface area contributed by atoms with Gasteiger partial charge in [-0.25, -0.2) is 15.0 Å². The number of piperidine rings is 1. The molecule has 2 N–H and O–H groups in total. The second-order valence-corrected chi connectivity index (χ2v) is 8.77. The van der Waals surface area contributed by atoms with Crippen molar-refractivity contribution in [1.29, 1.82) is 0 Å². The van der Waals surface area contributed by atoms with Crippen molar-refractivity contribution in [2.24, 2.45) is 5.92 Å². The van der Waals surface area contributed by atoms with Gasteiger partial charge in [-0.15, -0.1) is 0 Å². The number of amides is 1. The van der Waals surface area contributed by atoms with Crippen molar-refractivity contribution >= 4 is 28.6 Å². The average molecular weight is 445 g/mol. The summed E-state index contributed by atoms with van der Waals surface area (Å²) in [5.74, 6) is 2.70. The van der Waals surface area contributed by atoms with Crippen LogP contribution in [0.25, 0.3) is 11.0 Å². The first-order chi connectivity index (χ1) is 16.0. The maximum Gasteiger partial charge on any atom is 0.242 e. The maximum absolute atomic E-state index is 13.1. The zero-order valence-electron chi connectivity index (χ0n) is 19.0. The third-order valence-corrected chi connectivity index (χ3v) is 6.06. The molecule has 3 aromatic heterocycles. The van der Waals surface area contributed by atoms with Crippen molar-refractivity contribution in [2.75, 3.05) is 18.4 Å². The van der Waals surface area contributed by atoms with E-state index >= 15 is 0 Å². The molecule has 4 heterocycles. The van der Waals surface area contributed by atoms with Gasteiger partial charge in [0.1, 0.15) is 18.2 Å². The Bertz CT molecular complexity index is 1280. The van der Waals surface area contributed by atoms with E-state index in [-0.39, 0.29) is 5.91 Å². The molecule has 1 aromatic carbocycles. The number of fused-ring (bicyclic) bond motifs is 1. The van der Waals surface area contributed by atoms with Gasteiger partial charge in [0.15, 0.2) is 5.82 Å². The summed E-state index contributed by atoms with van der Waals surface area (Å²) in [5, 5.41) is 10.4. The Morgan fingerprint density at radius 3 is 2.91 bits per heavy atom. The fourth-order valence-corrected chi connectivity index (χ4v) is 4.55. The minimum absolute atomic E-state index is 0.137. The fourth-order valence-electron chi connectivity index (χ4n) is 4.55. The average Bonchev–Trinajstić information content (AvgIpc) is 3.39. The first-order valence-electron chi connectivity index (χ1n) is 11.3. The van der Waals surface area contributed by atoms with Crippen LogP contribution in [0.2, 0.25) is 0 Å². The number of H-pyrrole nitrogens is 1. The Hall–Kier alpha value is -3.75. The molecule has 1 saturated heterocycles. The smallest absolute Gasteiger partial charge is 0.242 e. The summed E-state index contributed by atoms with van der Waals surface area (Å²) in [6.07, 6.45) is 4.66. The first-order valence-corrected chi connectivity index (χ1v) is 11.3. The minimum atomic E-state index is 0.137. The zero-order valence-corrected chi connectivity index (χ0v) is 19.0. The lowest BCUT2D eigenvalue weighted by Gasteiger charge is -2.33. The fraction of sp³-hybridized carbons (Fsp3) is 0.375. The molecule has 1 amide bonds. The quantitative estimate of drug-likeness (QED) is 0.472. The third kappa shape index (κ3) is 4.87. The van der Waals surface area contributed by atoms with E-state index in [1.165, 1.54) is 0 Å². The molecule has 1 aliphatic rings. The third-order valence-electron chi connectivity index (χ3n) is 6.06. The molecule has 0 bridgehead atoms. The molecule has 5 rings (SSSR count). The van der Waals surface area contributed by atoms with Crippen LogP contribution in [0, 0.1) is 19.8 Å². The molecule has 4 aromatic rings. The maximum atomic E-state index is 13.1. The normalized spacial score (nSPS) is 16.3. The number of imidazole rings is 1. The van der Waals surface area contributed by atoms with Gasteiger partial charge in [-0.3, -0.25) is 9.89 Å². The van der Waals surface area contributed by atoms with E-state index in [4.69, 9.17) is 0 Å². The summed E-state index contributed by atoms with van der Waals surface area (Å²) in [6.45, 7) is 5.72. The second-order valence-electron chi connectivity index (χ2n) is 8.77. The van der Waals surface area contributed by atoms with Gasteiger partial charge in [0, 0.05) is 36.6 Å². The number of aryl methyl sites for hydroxylation is 2. The number of anilines is 2. The van der Waals surface area contributed by atoms with Crippen LogP contribution in [0.4, 0.5) is 11.6 Å². The number of nitrogens with one attached hydrogen (secondary N) is 2. The zero-order chi connectivity index (χ0) is 22.8. The first kappa shape index (κ1) is 21.1. The highest BCUT2D eigenvalue weighted by Gasteiger charge is 2.25. The molecule has 9 heteroatoms. The molecule has 9 nitrogen and oxygen atoms in total. The summed E-state index contributed by atoms with van der Waals surface area (Å²) in [6, 6.07) is 11.8. The van der Waals surface area contributed by atoms with Crippen molar-refractivity contribution in [3.63, 3.8) is 0 Å². The Balaban J connectivity index is 1.24. The van der Waals surface area contributed by atoms with Gasteiger partial charge < -0.3 is 14.8 Å². The van der Waals surface area contributed by atoms with E-state index in [1.807, 2.05) is 59.7 Å². The molecule has 33 heavy (non-hydrogen) atoms. The number of aromatic amines is 1. The Kier molecular flexibility index (Phi) is 5.77. The van der Waals surface area contributed by atoms with E-state index < -0.39 is 0 Å². The molecular formula is C24H28N8O. The number of nitrogens with zero attached hydrogens (tertiary/aromatic N) is 6. The van der Waals surface area contributed by atoms with E-state index in [0.29, 0.717) is 12.5 Å². The monoisotopic (exact) mass is 444 g/mol. The predicted octanol–water partition coefficient (Wildman–Crippen LogP) is 3.39. The molecule has 1 aliphatic heterocycles. The number of carbonyl (C=O) groups is 1. The second kappa shape index (κ2) is 9.01. The Morgan fingerprint density at radius 1 is 1.18 bits per heavy atom. The highest BCUT2D eigenvalue weighted by atomic mass is 16.2. The van der Waals surface area contributed by atoms with Crippen molar-refractivity contribution in [1.82, 2.24) is 34.6 Å². The molecule has 0 aliphatic carbocycles. The van der Waals surface area contributed by atoms with Crippen molar-refractivity contribution in [3.8, 4) is 0 Å². The lowest BCUT2D eigenvalue weighted by atomic mass is 9.93. The summed E-state index contributed by atoms with van der Waals surface area (Å²) >= 11 is 0. The SMILES string of the molecule is Cc1nc(CC2CCCN(C(=O)Cn3cnc4ccccc43)C2)cc(Nc2cc(C)[nH]n2)n1. The number of aromatic nitrogens is 6. The van der Waals surface area contributed by atoms with Crippen LogP contribution in [-0.4, -0.2) is 53.6 Å². The lowest BCUT2D eigenvalue weighted by molar-refractivity contribution is -0.133. The largest absolute Gasteiger partial charge is 0.341 e. The molecule has 0 radical (unpaired) electrons. The van der Waals surface area contributed by atoms with Crippen LogP contribution in [0.3, 0.4) is 0 Å². The minimum Gasteiger partial charge on any atom is -0.341 e. The standard InChI is InChI=1S/C24H28N8O/c1-16-10-23(30-29-16)28-22-12-19(26-17(2)27-22)11-18-6-5-9-31(13-18)24(33)14-32-15-25-20-7-3-4-8-21(20)32/h3-4,7-8,10,12,15,18H,5-6,9,11,13-14H2,1-2H3,(H2,26,27,28,29,30). The van der Waals surface area contributed by atoms with Crippen molar-refractivity contribution in [2.45, 2.75) is 39.7 Å². The molecule has 1 unspecified atom stereocenters. The van der Waals surface area contributed by atoms with Gasteiger partial charge in [-0.05, 0) is 51.2 Å². The van der Waals surface area contributed by atoms with Gasteiger partial charge in [-0.1, -0.05) is 12.1 Å². The van der Waals surface area contributed by atoms with E-state index in [1.54, 1.807) is 6.33 Å². The van der Waals surface area contributed by atoms with Crippen LogP contribution < -0.4 is 5.32 Å². The highest BCUT2D eigenvalue weighted by Crippen LogP contribution is 2.23. The molecule has 0 saturated carbocycles. The summed E-state index contributed by atoms with van der Waals surface area (Å²) in [5.41, 5.74) is 3.87. The van der Waals surface area contributed by atoms with Crippen LogP contribution in [-0.2, 0) is 17.8 Å². The molecule has 0 spiro atoms. The molecule has 1 atom stereocenters. The van der Waals surface area contributed by atoms with Gasteiger partial charge in [0.05, 0.1) is 17.4 Å². The summed E-state index contributed by atoms with van der Waals surface area (Å²) < 4.78 is 1.93. The van der Waals surface area contributed by atoms with Crippen LogP contribution in [0.15, 0.2) is 42.7 Å². The number of hydrogen-bond acceptors (Lipinski definition) is 6. The lowest BCUT2D eigenvalue weighted by Crippen LogP contribution is -2.42. The van der Waals surface area contributed by atoms with Crippen LogP contribution in [0.1, 0.15) is 30.1 Å². The van der Waals surface area contributed by atoms with Crippen LogP contribution >= 0.6 is 0 Å². The Labute approximate surface area is 192 Å². The van der Waals surface area contributed by atoms with Gasteiger partial charge >= 0.3 is 0 Å². The molecule has 170 valence electrons. The van der Waals surface area contributed by atoms with E-state index in [2.05, 4.69) is 30.5 Å². The number of hydrogen-bond donors (Lipinski definition) is 2. The summed E-state index contributed by atoms with van der Waals surface area (Å²) in [7, 11) is 0. The predicted molar refractivity (Wildman–Crippen MR) is 126 cm³/mol. The van der Waals surface area contributed by atoms with E-state index in [0.717, 1.165) is 72.2 Å². The van der Waals surface area contributed by atoms with Crippen molar-refractivity contribution in [3.05, 3.63) is 59.9 Å². The van der Waals surface area contributed by atoms with Gasteiger partial charge in [0.2, 0.25) is 5.91 Å². The molecular weight excluding hydrogens is 416 g/mol. The number of rotatable bonds is 6. The molecule has 1 fully saturated rings. The van der Waals surface area contributed by atoms with Crippen LogP contribution in [0.5, 0.6) is 0 Å². The highest BCUT2D eigenvalue weighted by molar-refractivity contribution is 5.80. The Morgan fingerprint density at radius 2 is 2.06 bits per heavy atom.